The molecule has 10 nitrogen and oxygen atoms in total. The number of ether oxygens (including phenoxy) is 4. The summed E-state index contributed by atoms with van der Waals surface area (Å²) in [5, 5.41) is 3.16. The predicted octanol–water partition coefficient (Wildman–Crippen LogP) is 17.1. The zero-order valence-electron chi connectivity index (χ0n) is 51.7. The van der Waals surface area contributed by atoms with Crippen LogP contribution in [0.2, 0.25) is 0 Å². The van der Waals surface area contributed by atoms with Gasteiger partial charge in [-0.25, -0.2) is 11.4 Å². The molecule has 1 N–H and O–H groups in total. The van der Waals surface area contributed by atoms with Crippen molar-refractivity contribution in [3.8, 4) is 11.5 Å². The molecular weight excluding hydrogens is 1040 g/mol. The molecule has 8 rings (SSSR count). The maximum Gasteiger partial charge on any atom is 0.407 e. The SMILES string of the molecule is [C-]#[N+]CCOP(P[C@@H]1C[C@@H](COC(c2ccccc2)(c2ccc(OC)cc2)c2ccc(OC)cc2)N(CCCCCCNC(=O)O[C@H]2CC[C@@]3(C)C(=CCC4C3CC[C@@]3(C)C4CC[C@@H]3[C@H](C)CCCC(C)C)C2)C1)N(C(C)C)C(C)C. The molecule has 12 atom stereocenters. The van der Waals surface area contributed by atoms with E-state index in [1.165, 1.54) is 51.4 Å². The average Bonchev–Trinajstić information content (AvgIpc) is 4.08. The number of alkyl carbamates (subject to hydrolysis) is 1. The third-order valence-electron chi connectivity index (χ3n) is 20.3. The lowest BCUT2D eigenvalue weighted by atomic mass is 9.47. The molecule has 12 heteroatoms. The van der Waals surface area contributed by atoms with Crippen molar-refractivity contribution in [2.75, 3.05) is 53.6 Å². The van der Waals surface area contributed by atoms with Crippen LogP contribution in [0.4, 0.5) is 4.79 Å². The van der Waals surface area contributed by atoms with Crippen LogP contribution in [0, 0.1) is 52.9 Å². The molecule has 1 saturated heterocycles. The summed E-state index contributed by atoms with van der Waals surface area (Å²) in [5.41, 5.74) is 4.97. The second kappa shape index (κ2) is 29.5. The molecule has 0 bridgehead atoms. The van der Waals surface area contributed by atoms with Crippen molar-refractivity contribution in [1.82, 2.24) is 14.9 Å². The highest BCUT2D eigenvalue weighted by Crippen LogP contribution is 2.68. The van der Waals surface area contributed by atoms with Crippen molar-refractivity contribution in [3.63, 3.8) is 0 Å². The van der Waals surface area contributed by atoms with Gasteiger partial charge in [-0.2, -0.15) is 0 Å². The van der Waals surface area contributed by atoms with Gasteiger partial charge in [-0.05, 0) is 200 Å². The highest BCUT2D eigenvalue weighted by molar-refractivity contribution is 8.18. The molecule has 1 heterocycles. The van der Waals surface area contributed by atoms with E-state index >= 15 is 0 Å². The van der Waals surface area contributed by atoms with Crippen molar-refractivity contribution in [2.45, 2.75) is 201 Å². The summed E-state index contributed by atoms with van der Waals surface area (Å²) in [6.45, 7) is 33.1. The van der Waals surface area contributed by atoms with Gasteiger partial charge < -0.3 is 33.6 Å². The molecule has 5 aliphatic rings. The fourth-order valence-electron chi connectivity index (χ4n) is 16.3. The molecule has 5 unspecified atom stereocenters. The summed E-state index contributed by atoms with van der Waals surface area (Å²) in [5.74, 6) is 6.54. The third kappa shape index (κ3) is 15.1. The normalized spacial score (nSPS) is 27.5. The highest BCUT2D eigenvalue weighted by atomic mass is 32.1. The van der Waals surface area contributed by atoms with Gasteiger partial charge in [0.25, 0.3) is 0 Å². The number of nitrogens with zero attached hydrogens (tertiary/aromatic N) is 3. The van der Waals surface area contributed by atoms with E-state index in [0.717, 1.165) is 128 Å². The molecule has 81 heavy (non-hydrogen) atoms. The largest absolute Gasteiger partial charge is 0.497 e. The first-order valence-corrected chi connectivity index (χ1v) is 34.8. The lowest BCUT2D eigenvalue weighted by Crippen LogP contribution is -2.51. The molecule has 4 aliphatic carbocycles. The fraction of sp³-hybridized carbons (Fsp3) is 0.681. The number of methoxy groups -OCH3 is 2. The van der Waals surface area contributed by atoms with Gasteiger partial charge in [0.2, 0.25) is 6.54 Å². The maximum absolute atomic E-state index is 13.4. The topological polar surface area (TPSA) is 86.1 Å². The lowest BCUT2D eigenvalue weighted by Gasteiger charge is -2.58. The molecule has 0 radical (unpaired) electrons. The number of hydrogen-bond donors (Lipinski definition) is 1. The quantitative estimate of drug-likeness (QED) is 0.0242. The monoisotopic (exact) mass is 1150 g/mol. The third-order valence-corrected chi connectivity index (χ3v) is 26.0. The number of rotatable bonds is 29. The van der Waals surface area contributed by atoms with Gasteiger partial charge in [-0.1, -0.05) is 133 Å². The first kappa shape index (κ1) is 63.5. The molecule has 446 valence electrons. The minimum absolute atomic E-state index is 0.0370. The van der Waals surface area contributed by atoms with E-state index < -0.39 is 13.6 Å². The van der Waals surface area contributed by atoms with E-state index in [2.05, 4.69) is 143 Å². The van der Waals surface area contributed by atoms with E-state index in [0.29, 0.717) is 57.7 Å². The Morgan fingerprint density at radius 3 is 2.12 bits per heavy atom. The smallest absolute Gasteiger partial charge is 0.407 e. The summed E-state index contributed by atoms with van der Waals surface area (Å²) in [7, 11) is 3.14. The number of likely N-dealkylation sites (tertiary alicyclic amines) is 1. The van der Waals surface area contributed by atoms with Crippen LogP contribution in [0.25, 0.3) is 4.85 Å². The summed E-state index contributed by atoms with van der Waals surface area (Å²) < 4.78 is 34.3. The Bertz CT molecular complexity index is 2430. The van der Waals surface area contributed by atoms with Gasteiger partial charge in [0, 0.05) is 37.6 Å². The second-order valence-electron chi connectivity index (χ2n) is 26.5. The molecule has 3 saturated carbocycles. The Morgan fingerprint density at radius 1 is 0.815 bits per heavy atom. The minimum atomic E-state index is -0.904. The van der Waals surface area contributed by atoms with E-state index in [1.807, 2.05) is 24.3 Å². The molecule has 1 amide bonds. The van der Waals surface area contributed by atoms with Gasteiger partial charge in [0.15, 0.2) is 0 Å². The average molecular weight is 1150 g/mol. The standard InChI is InChI=1S/C69H104N4O6P2/c1-49(2)21-20-22-52(7)63-35-36-64-62-34-29-56-45-60(37-39-67(56,8)65(62)38-40-68(63,64)9)79-66(74)71-41-18-13-14-19-43-72-47-61(80-81(78-44-42-70-10)73(50(3)4)51(5)6)46-57(72)48-77-69(53-23-16-15-17-24-53,54-25-30-58(75-11)31-26-54)55-27-32-59(76-12)33-28-55/h15-17,23-33,49-52,57,60-65,80H,13-14,18-22,34-48H2,1-9,11-12H3,(H,71,74)/t52-,57+,60+,61-,62?,63-,64?,65?,67+,68-,81?/m1/s1. The molecule has 1 aliphatic heterocycles. The Balaban J connectivity index is 0.871. The van der Waals surface area contributed by atoms with Crippen LogP contribution in [-0.2, 0) is 19.6 Å². The van der Waals surface area contributed by atoms with Crippen LogP contribution >= 0.6 is 16.3 Å². The molecule has 4 fully saturated rings. The number of unbranched alkanes of at least 4 members (excludes halogenated alkanes) is 3. The molecule has 0 spiro atoms. The number of amides is 1. The van der Waals surface area contributed by atoms with E-state index in [4.69, 9.17) is 30.0 Å². The first-order chi connectivity index (χ1) is 39.0. The summed E-state index contributed by atoms with van der Waals surface area (Å²) in [6, 6.07) is 28.1. The number of fused-ring (bicyclic) bond motifs is 5. The molecule has 3 aromatic rings. The predicted molar refractivity (Wildman–Crippen MR) is 337 cm³/mol. The van der Waals surface area contributed by atoms with E-state index in [1.54, 1.807) is 19.8 Å². The van der Waals surface area contributed by atoms with Crippen LogP contribution in [0.3, 0.4) is 0 Å². The van der Waals surface area contributed by atoms with Crippen LogP contribution in [-0.4, -0.2) is 99.2 Å². The highest BCUT2D eigenvalue weighted by Gasteiger charge is 2.59. The number of allylic oxidation sites excluding steroid dienone is 1. The molecule has 3 aromatic carbocycles. The summed E-state index contributed by atoms with van der Waals surface area (Å²) in [6.07, 6.45) is 21.4. The van der Waals surface area contributed by atoms with E-state index in [9.17, 15) is 4.79 Å². The molecular formula is C69H104N4O6P2. The zero-order valence-corrected chi connectivity index (χ0v) is 53.6. The van der Waals surface area contributed by atoms with Crippen molar-refractivity contribution >= 4 is 22.4 Å². The number of benzene rings is 3. The Hall–Kier alpha value is -3.54. The van der Waals surface area contributed by atoms with Crippen LogP contribution in [0.5, 0.6) is 11.5 Å². The van der Waals surface area contributed by atoms with Crippen LogP contribution in [0.1, 0.15) is 182 Å². The second-order valence-corrected chi connectivity index (χ2v) is 30.7. The van der Waals surface area contributed by atoms with Crippen LogP contribution < -0.4 is 14.8 Å². The van der Waals surface area contributed by atoms with Crippen LogP contribution in [0.15, 0.2) is 90.5 Å². The Morgan fingerprint density at radius 2 is 1.48 bits per heavy atom. The maximum atomic E-state index is 13.4. The zero-order chi connectivity index (χ0) is 57.7. The van der Waals surface area contributed by atoms with Crippen molar-refractivity contribution in [1.29, 1.82) is 0 Å². The number of carbonyl (C=O) groups is 1. The van der Waals surface area contributed by atoms with Crippen molar-refractivity contribution in [3.05, 3.63) is 119 Å². The van der Waals surface area contributed by atoms with Gasteiger partial charge >= 0.3 is 6.09 Å². The van der Waals surface area contributed by atoms with Gasteiger partial charge in [0.1, 0.15) is 37.8 Å². The summed E-state index contributed by atoms with van der Waals surface area (Å²) >= 11 is 0. The van der Waals surface area contributed by atoms with Crippen molar-refractivity contribution < 1.29 is 28.3 Å². The van der Waals surface area contributed by atoms with E-state index in [-0.39, 0.29) is 23.7 Å². The number of hydrogen-bond acceptors (Lipinski definition) is 8. The number of nitrogens with one attached hydrogen (secondary N) is 1. The fourth-order valence-corrected chi connectivity index (χ4v) is 22.5. The van der Waals surface area contributed by atoms with Gasteiger partial charge in [0.05, 0.1) is 20.8 Å². The lowest BCUT2D eigenvalue weighted by molar-refractivity contribution is -0.0581. The molecule has 0 aromatic heterocycles. The Kier molecular flexibility index (Phi) is 23.1. The van der Waals surface area contributed by atoms with Gasteiger partial charge in [-0.3, -0.25) is 9.57 Å². The number of carbonyl (C=O) groups excluding carboxylic acids is 1. The summed E-state index contributed by atoms with van der Waals surface area (Å²) in [4.78, 5) is 19.7. The Labute approximate surface area is 493 Å². The first-order valence-electron chi connectivity index (χ1n) is 31.7. The van der Waals surface area contributed by atoms with Gasteiger partial charge in [-0.15, -0.1) is 0 Å². The van der Waals surface area contributed by atoms with Crippen molar-refractivity contribution in [2.24, 2.45) is 46.3 Å². The minimum Gasteiger partial charge on any atom is -0.497 e.